The maximum Gasteiger partial charge on any atom is 0.222 e. The van der Waals surface area contributed by atoms with Crippen LogP contribution in [0.4, 0.5) is 5.82 Å². The van der Waals surface area contributed by atoms with Gasteiger partial charge in [-0.15, -0.1) is 0 Å². The lowest BCUT2D eigenvalue weighted by Gasteiger charge is -2.14. The number of hydrazine groups is 1. The standard InChI is InChI=1S/C10H18N4O/c1-5-8-12-9(14-11)7(4)10(13-8)15-6(2)3/h6H,5,11H2,1-4H3,(H,12,13,14). The summed E-state index contributed by atoms with van der Waals surface area (Å²) in [5.41, 5.74) is 3.39. The van der Waals surface area contributed by atoms with Crippen molar-refractivity contribution in [2.45, 2.75) is 40.2 Å². The van der Waals surface area contributed by atoms with Crippen molar-refractivity contribution in [2.24, 2.45) is 5.84 Å². The number of anilines is 1. The summed E-state index contributed by atoms with van der Waals surface area (Å²) in [5, 5.41) is 0. The van der Waals surface area contributed by atoms with E-state index in [2.05, 4.69) is 15.4 Å². The SMILES string of the molecule is CCc1nc(NN)c(C)c(OC(C)C)n1. The predicted octanol–water partition coefficient (Wildman–Crippen LogP) is 1.42. The third-order valence-electron chi connectivity index (χ3n) is 1.95. The Labute approximate surface area is 90.0 Å². The van der Waals surface area contributed by atoms with E-state index in [0.29, 0.717) is 11.7 Å². The highest BCUT2D eigenvalue weighted by Crippen LogP contribution is 2.22. The number of hydrogen-bond acceptors (Lipinski definition) is 5. The van der Waals surface area contributed by atoms with E-state index in [1.54, 1.807) is 0 Å². The molecule has 1 rings (SSSR count). The van der Waals surface area contributed by atoms with Gasteiger partial charge in [-0.25, -0.2) is 10.8 Å². The number of aromatic nitrogens is 2. The van der Waals surface area contributed by atoms with E-state index < -0.39 is 0 Å². The number of rotatable bonds is 4. The molecule has 1 aromatic heterocycles. The topological polar surface area (TPSA) is 73.1 Å². The number of nitrogens with zero attached hydrogens (tertiary/aromatic N) is 2. The van der Waals surface area contributed by atoms with Gasteiger partial charge < -0.3 is 10.2 Å². The summed E-state index contributed by atoms with van der Waals surface area (Å²) in [6.07, 6.45) is 0.845. The molecule has 0 bridgehead atoms. The number of nitrogens with two attached hydrogens (primary N) is 1. The van der Waals surface area contributed by atoms with Gasteiger partial charge in [-0.05, 0) is 20.8 Å². The third-order valence-corrected chi connectivity index (χ3v) is 1.95. The third kappa shape index (κ3) is 2.79. The molecule has 5 heteroatoms. The van der Waals surface area contributed by atoms with Crippen LogP contribution in [0, 0.1) is 6.92 Å². The first kappa shape index (κ1) is 11.7. The molecule has 5 nitrogen and oxygen atoms in total. The first-order chi connectivity index (χ1) is 7.08. The first-order valence-corrected chi connectivity index (χ1v) is 5.09. The van der Waals surface area contributed by atoms with Crippen LogP contribution in [0.5, 0.6) is 5.88 Å². The molecule has 84 valence electrons. The van der Waals surface area contributed by atoms with Crippen molar-refractivity contribution < 1.29 is 4.74 Å². The molecule has 3 N–H and O–H groups in total. The Hall–Kier alpha value is -1.36. The number of hydrogen-bond donors (Lipinski definition) is 2. The Bertz CT molecular complexity index is 338. The Morgan fingerprint density at radius 3 is 2.53 bits per heavy atom. The van der Waals surface area contributed by atoms with Crippen LogP contribution in [0.15, 0.2) is 0 Å². The fraction of sp³-hybridized carbons (Fsp3) is 0.600. The van der Waals surface area contributed by atoms with Gasteiger partial charge in [0.2, 0.25) is 5.88 Å². The number of nitrogen functional groups attached to an aromatic ring is 1. The zero-order valence-electron chi connectivity index (χ0n) is 9.66. The molecule has 0 amide bonds. The highest BCUT2D eigenvalue weighted by Gasteiger charge is 2.11. The van der Waals surface area contributed by atoms with Crippen molar-refractivity contribution in [3.8, 4) is 5.88 Å². The number of aryl methyl sites for hydroxylation is 1. The molecule has 0 aliphatic rings. The Kier molecular flexibility index (Phi) is 3.85. The Morgan fingerprint density at radius 1 is 1.40 bits per heavy atom. The van der Waals surface area contributed by atoms with E-state index in [4.69, 9.17) is 10.6 Å². The molecule has 0 fully saturated rings. The molecule has 0 aliphatic heterocycles. The minimum atomic E-state index is 0.0916. The summed E-state index contributed by atoms with van der Waals surface area (Å²) in [6, 6.07) is 0. The van der Waals surface area contributed by atoms with E-state index in [9.17, 15) is 0 Å². The van der Waals surface area contributed by atoms with Crippen LogP contribution in [0.1, 0.15) is 32.2 Å². The predicted molar refractivity (Wildman–Crippen MR) is 59.7 cm³/mol. The second kappa shape index (κ2) is 4.93. The Morgan fingerprint density at radius 2 is 2.07 bits per heavy atom. The quantitative estimate of drug-likeness (QED) is 0.581. The number of nitrogens with one attached hydrogen (secondary N) is 1. The summed E-state index contributed by atoms with van der Waals surface area (Å²) < 4.78 is 5.58. The molecule has 0 atom stereocenters. The normalized spacial score (nSPS) is 10.5. The molecule has 0 spiro atoms. The van der Waals surface area contributed by atoms with E-state index in [1.165, 1.54) is 0 Å². The summed E-state index contributed by atoms with van der Waals surface area (Å²) in [7, 11) is 0. The van der Waals surface area contributed by atoms with Gasteiger partial charge in [0.15, 0.2) is 0 Å². The average molecular weight is 210 g/mol. The lowest BCUT2D eigenvalue weighted by molar-refractivity contribution is 0.230. The van der Waals surface area contributed by atoms with Gasteiger partial charge in [0, 0.05) is 6.42 Å². The van der Waals surface area contributed by atoms with Crippen molar-refractivity contribution >= 4 is 5.82 Å². The minimum absolute atomic E-state index is 0.0916. The van der Waals surface area contributed by atoms with Crippen LogP contribution in [-0.2, 0) is 6.42 Å². The van der Waals surface area contributed by atoms with Crippen LogP contribution >= 0.6 is 0 Å². The monoisotopic (exact) mass is 210 g/mol. The van der Waals surface area contributed by atoms with E-state index in [-0.39, 0.29) is 6.10 Å². The molecule has 1 aromatic rings. The van der Waals surface area contributed by atoms with Gasteiger partial charge in [0.1, 0.15) is 11.6 Å². The minimum Gasteiger partial charge on any atom is -0.475 e. The molecular weight excluding hydrogens is 192 g/mol. The molecule has 0 aromatic carbocycles. The average Bonchev–Trinajstić information content (AvgIpc) is 2.20. The van der Waals surface area contributed by atoms with Crippen molar-refractivity contribution in [1.29, 1.82) is 0 Å². The van der Waals surface area contributed by atoms with Gasteiger partial charge in [0.25, 0.3) is 0 Å². The van der Waals surface area contributed by atoms with Crippen molar-refractivity contribution in [2.75, 3.05) is 5.43 Å². The molecule has 0 saturated carbocycles. The van der Waals surface area contributed by atoms with Gasteiger partial charge in [-0.1, -0.05) is 6.92 Å². The van der Waals surface area contributed by atoms with Crippen LogP contribution in [0.25, 0.3) is 0 Å². The maximum atomic E-state index is 5.58. The fourth-order valence-electron chi connectivity index (χ4n) is 1.18. The molecular formula is C10H18N4O. The van der Waals surface area contributed by atoms with E-state index >= 15 is 0 Å². The van der Waals surface area contributed by atoms with Crippen molar-refractivity contribution in [3.05, 3.63) is 11.4 Å². The molecule has 0 saturated heterocycles. The maximum absolute atomic E-state index is 5.58. The second-order valence-electron chi connectivity index (χ2n) is 3.58. The smallest absolute Gasteiger partial charge is 0.222 e. The van der Waals surface area contributed by atoms with Crippen LogP contribution < -0.4 is 16.0 Å². The van der Waals surface area contributed by atoms with Gasteiger partial charge >= 0.3 is 0 Å². The number of ether oxygens (including phenoxy) is 1. The highest BCUT2D eigenvalue weighted by molar-refractivity contribution is 5.47. The fourth-order valence-corrected chi connectivity index (χ4v) is 1.18. The molecule has 0 unspecified atom stereocenters. The van der Waals surface area contributed by atoms with E-state index in [0.717, 1.165) is 17.8 Å². The lowest BCUT2D eigenvalue weighted by atomic mass is 10.3. The molecule has 0 radical (unpaired) electrons. The van der Waals surface area contributed by atoms with Crippen molar-refractivity contribution in [1.82, 2.24) is 9.97 Å². The Balaban J connectivity index is 3.12. The van der Waals surface area contributed by atoms with Gasteiger partial charge in [-0.3, -0.25) is 0 Å². The summed E-state index contributed by atoms with van der Waals surface area (Å²) in [5.74, 6) is 7.33. The summed E-state index contributed by atoms with van der Waals surface area (Å²) in [6.45, 7) is 7.79. The summed E-state index contributed by atoms with van der Waals surface area (Å²) >= 11 is 0. The zero-order valence-corrected chi connectivity index (χ0v) is 9.66. The van der Waals surface area contributed by atoms with Gasteiger partial charge in [-0.2, -0.15) is 4.98 Å². The molecule has 15 heavy (non-hydrogen) atoms. The van der Waals surface area contributed by atoms with Crippen LogP contribution in [-0.4, -0.2) is 16.1 Å². The van der Waals surface area contributed by atoms with Crippen LogP contribution in [0.3, 0.4) is 0 Å². The lowest BCUT2D eigenvalue weighted by Crippen LogP contribution is -2.15. The summed E-state index contributed by atoms with van der Waals surface area (Å²) in [4.78, 5) is 8.56. The van der Waals surface area contributed by atoms with Crippen molar-refractivity contribution in [3.63, 3.8) is 0 Å². The second-order valence-corrected chi connectivity index (χ2v) is 3.58. The van der Waals surface area contributed by atoms with Gasteiger partial charge in [0.05, 0.1) is 11.7 Å². The largest absolute Gasteiger partial charge is 0.475 e. The first-order valence-electron chi connectivity index (χ1n) is 5.09. The zero-order chi connectivity index (χ0) is 11.4. The molecule has 0 aliphatic carbocycles. The van der Waals surface area contributed by atoms with E-state index in [1.807, 2.05) is 27.7 Å². The highest BCUT2D eigenvalue weighted by atomic mass is 16.5. The molecule has 1 heterocycles. The van der Waals surface area contributed by atoms with Crippen LogP contribution in [0.2, 0.25) is 0 Å².